The highest BCUT2D eigenvalue weighted by molar-refractivity contribution is 7.91. The zero-order valence-electron chi connectivity index (χ0n) is 20.1. The first-order valence-electron chi connectivity index (χ1n) is 11.9. The van der Waals surface area contributed by atoms with Gasteiger partial charge in [0, 0.05) is 31.3 Å². The molecule has 0 radical (unpaired) electrons. The van der Waals surface area contributed by atoms with Crippen LogP contribution in [-0.4, -0.2) is 78.0 Å². The molecule has 2 aliphatic rings. The molecular weight excluding hydrogens is 486 g/mol. The highest BCUT2D eigenvalue weighted by atomic mass is 32.2. The number of rotatable bonds is 9. The summed E-state index contributed by atoms with van der Waals surface area (Å²) < 4.78 is 55.1. The number of fused-ring (bicyclic) bond motifs is 1. The molecule has 36 heavy (non-hydrogen) atoms. The number of sulfone groups is 1. The van der Waals surface area contributed by atoms with E-state index in [0.717, 1.165) is 39.3 Å². The lowest BCUT2D eigenvalue weighted by Crippen LogP contribution is -2.37. The number of benzene rings is 2. The fraction of sp³-hybridized carbons (Fsp3) is 0.400. The summed E-state index contributed by atoms with van der Waals surface area (Å²) in [5.41, 5.74) is 0.606. The molecule has 3 aromatic rings. The summed E-state index contributed by atoms with van der Waals surface area (Å²) in [7, 11) is -2.46. The van der Waals surface area contributed by atoms with E-state index in [1.807, 2.05) is 0 Å². The molecule has 0 bridgehead atoms. The summed E-state index contributed by atoms with van der Waals surface area (Å²) in [5.74, 6) is 1.80. The van der Waals surface area contributed by atoms with Gasteiger partial charge in [-0.25, -0.2) is 8.42 Å². The number of nitrogens with one attached hydrogen (secondary N) is 1. The van der Waals surface area contributed by atoms with Gasteiger partial charge in [0.05, 0.1) is 25.2 Å². The highest BCUT2D eigenvalue weighted by Crippen LogP contribution is 2.37. The van der Waals surface area contributed by atoms with Crippen LogP contribution in [0.1, 0.15) is 6.42 Å². The van der Waals surface area contributed by atoms with E-state index in [1.54, 1.807) is 37.4 Å². The molecule has 0 saturated carbocycles. The van der Waals surface area contributed by atoms with Crippen LogP contribution in [0.2, 0.25) is 0 Å². The van der Waals surface area contributed by atoms with E-state index in [9.17, 15) is 8.42 Å². The Labute approximate surface area is 210 Å². The molecule has 0 spiro atoms. The second-order valence-electron chi connectivity index (χ2n) is 8.43. The zero-order valence-corrected chi connectivity index (χ0v) is 20.9. The fourth-order valence-electron chi connectivity index (χ4n) is 4.11. The molecule has 3 heterocycles. The van der Waals surface area contributed by atoms with Crippen LogP contribution in [-0.2, 0) is 14.6 Å². The number of anilines is 1. The Morgan fingerprint density at radius 2 is 1.83 bits per heavy atom. The maximum atomic E-state index is 13.7. The molecule has 11 heteroatoms. The van der Waals surface area contributed by atoms with Crippen molar-refractivity contribution in [3.05, 3.63) is 42.5 Å². The lowest BCUT2D eigenvalue weighted by atomic mass is 10.2. The SMILES string of the molecule is COc1cccc(-c2nc(S(=O)(=O)c3ccc4c(c3)OCCO4)c(NCCCN3CCOCC3)o2)c1. The van der Waals surface area contributed by atoms with Gasteiger partial charge in [-0.1, -0.05) is 6.07 Å². The third-order valence-corrected chi connectivity index (χ3v) is 7.69. The molecule has 0 amide bonds. The Balaban J connectivity index is 1.43. The Bertz CT molecular complexity index is 1300. The number of nitrogens with zero attached hydrogens (tertiary/aromatic N) is 2. The van der Waals surface area contributed by atoms with Crippen LogP contribution in [0.25, 0.3) is 11.5 Å². The van der Waals surface area contributed by atoms with E-state index in [-0.39, 0.29) is 21.7 Å². The molecule has 0 aliphatic carbocycles. The number of ether oxygens (including phenoxy) is 4. The van der Waals surface area contributed by atoms with Gasteiger partial charge in [-0.15, -0.1) is 0 Å². The number of oxazole rings is 1. The average Bonchev–Trinajstić information content (AvgIpc) is 3.37. The minimum atomic E-state index is -4.02. The quantitative estimate of drug-likeness (QED) is 0.427. The minimum Gasteiger partial charge on any atom is -0.497 e. The zero-order chi connectivity index (χ0) is 25.0. The van der Waals surface area contributed by atoms with Gasteiger partial charge in [-0.3, -0.25) is 4.90 Å². The van der Waals surface area contributed by atoms with Gasteiger partial charge in [-0.05, 0) is 43.3 Å². The van der Waals surface area contributed by atoms with Crippen LogP contribution in [0.15, 0.2) is 56.8 Å². The summed E-state index contributed by atoms with van der Waals surface area (Å²) in [5, 5.41) is 2.98. The van der Waals surface area contributed by atoms with Crippen LogP contribution >= 0.6 is 0 Å². The van der Waals surface area contributed by atoms with Gasteiger partial charge < -0.3 is 28.7 Å². The summed E-state index contributed by atoms with van der Waals surface area (Å²) in [4.78, 5) is 6.78. The Hall–Kier alpha value is -3.28. The summed E-state index contributed by atoms with van der Waals surface area (Å²) in [6.07, 6.45) is 0.804. The minimum absolute atomic E-state index is 0.0496. The number of methoxy groups -OCH3 is 1. The Kier molecular flexibility index (Phi) is 7.30. The van der Waals surface area contributed by atoms with Gasteiger partial charge in [0.1, 0.15) is 19.0 Å². The monoisotopic (exact) mass is 515 g/mol. The van der Waals surface area contributed by atoms with Crippen LogP contribution in [0, 0.1) is 0 Å². The fourth-order valence-corrected chi connectivity index (χ4v) is 5.41. The predicted octanol–water partition coefficient (Wildman–Crippen LogP) is 3.09. The third-order valence-electron chi connectivity index (χ3n) is 6.03. The Morgan fingerprint density at radius 1 is 1.03 bits per heavy atom. The lowest BCUT2D eigenvalue weighted by molar-refractivity contribution is 0.0378. The van der Waals surface area contributed by atoms with E-state index < -0.39 is 9.84 Å². The number of morpholine rings is 1. The first kappa shape index (κ1) is 24.4. The molecule has 2 aliphatic heterocycles. The number of hydrogen-bond acceptors (Lipinski definition) is 10. The lowest BCUT2D eigenvalue weighted by Gasteiger charge is -2.26. The summed E-state index contributed by atoms with van der Waals surface area (Å²) in [6, 6.07) is 11.7. The standard InChI is InChI=1S/C25H29N3O7S/c1-31-19-5-2-4-18(16-19)23-27-25(24(35-23)26-8-3-9-28-10-12-32-13-11-28)36(29,30)20-6-7-21-22(17-20)34-15-14-33-21/h2,4-7,16-17,26H,3,8-15H2,1H3. The number of hydrogen-bond donors (Lipinski definition) is 1. The third kappa shape index (κ3) is 5.28. The van der Waals surface area contributed by atoms with Crippen LogP contribution in [0.4, 0.5) is 5.88 Å². The van der Waals surface area contributed by atoms with Crippen molar-refractivity contribution in [2.24, 2.45) is 0 Å². The second kappa shape index (κ2) is 10.8. The first-order valence-corrected chi connectivity index (χ1v) is 13.4. The summed E-state index contributed by atoms with van der Waals surface area (Å²) >= 11 is 0. The van der Waals surface area contributed by atoms with E-state index in [1.165, 1.54) is 12.1 Å². The van der Waals surface area contributed by atoms with Crippen LogP contribution in [0.3, 0.4) is 0 Å². The van der Waals surface area contributed by atoms with Crippen molar-refractivity contribution in [3.63, 3.8) is 0 Å². The molecule has 0 unspecified atom stereocenters. The van der Waals surface area contributed by atoms with Gasteiger partial charge >= 0.3 is 0 Å². The largest absolute Gasteiger partial charge is 0.497 e. The smallest absolute Gasteiger partial charge is 0.233 e. The highest BCUT2D eigenvalue weighted by Gasteiger charge is 2.30. The predicted molar refractivity (Wildman–Crippen MR) is 132 cm³/mol. The van der Waals surface area contributed by atoms with Crippen molar-refractivity contribution in [3.8, 4) is 28.7 Å². The van der Waals surface area contributed by atoms with Gasteiger partial charge in [0.25, 0.3) is 0 Å². The molecule has 0 atom stereocenters. The second-order valence-corrected chi connectivity index (χ2v) is 10.3. The average molecular weight is 516 g/mol. The molecular formula is C25H29N3O7S. The van der Waals surface area contributed by atoms with Gasteiger partial charge in [0.2, 0.25) is 26.6 Å². The van der Waals surface area contributed by atoms with Crippen LogP contribution in [0.5, 0.6) is 17.2 Å². The maximum Gasteiger partial charge on any atom is 0.233 e. The van der Waals surface area contributed by atoms with Gasteiger partial charge in [-0.2, -0.15) is 4.98 Å². The number of aromatic nitrogens is 1. The molecule has 1 saturated heterocycles. The maximum absolute atomic E-state index is 13.7. The van der Waals surface area contributed by atoms with Gasteiger partial charge in [0.15, 0.2) is 11.5 Å². The van der Waals surface area contributed by atoms with E-state index in [4.69, 9.17) is 23.4 Å². The van der Waals surface area contributed by atoms with Crippen molar-refractivity contribution in [2.75, 3.05) is 65.0 Å². The summed E-state index contributed by atoms with van der Waals surface area (Å²) in [6.45, 7) is 5.43. The van der Waals surface area contributed by atoms with Crippen molar-refractivity contribution in [1.29, 1.82) is 0 Å². The van der Waals surface area contributed by atoms with Crippen LogP contribution < -0.4 is 19.5 Å². The molecule has 5 rings (SSSR count). The Morgan fingerprint density at radius 3 is 2.64 bits per heavy atom. The van der Waals surface area contributed by atoms with Crippen molar-refractivity contribution < 1.29 is 31.8 Å². The molecule has 2 aromatic carbocycles. The van der Waals surface area contributed by atoms with E-state index in [0.29, 0.717) is 42.6 Å². The normalized spacial score (nSPS) is 16.0. The first-order chi connectivity index (χ1) is 17.5. The molecule has 1 N–H and O–H groups in total. The van der Waals surface area contributed by atoms with Crippen molar-refractivity contribution in [2.45, 2.75) is 16.3 Å². The van der Waals surface area contributed by atoms with E-state index >= 15 is 0 Å². The van der Waals surface area contributed by atoms with E-state index in [2.05, 4.69) is 15.2 Å². The topological polar surface area (TPSA) is 112 Å². The van der Waals surface area contributed by atoms with Crippen molar-refractivity contribution in [1.82, 2.24) is 9.88 Å². The molecule has 1 fully saturated rings. The van der Waals surface area contributed by atoms with Crippen molar-refractivity contribution >= 4 is 15.7 Å². The molecule has 10 nitrogen and oxygen atoms in total. The molecule has 1 aromatic heterocycles. The molecule has 192 valence electrons.